The second-order valence-corrected chi connectivity index (χ2v) is 6.99. The van der Waals surface area contributed by atoms with E-state index in [-0.39, 0.29) is 17.8 Å². The molecule has 1 heterocycles. The maximum atomic E-state index is 12.7. The number of likely N-dealkylation sites (tertiary alicyclic amines) is 1. The molecule has 0 bridgehead atoms. The standard InChI is InChI=1S/C22H26N4O4/c1-3-30-19-12-10-18(11-13-19)25-22(29)26-14-4-5-20(26)21(28)24-17-8-6-16(7-9-17)23-15(2)27/h6-13,20H,3-5,14H2,1-2H3,(H,23,27)(H,24,28)(H,25,29)/t20-/m1/s1. The number of nitrogens with one attached hydrogen (secondary N) is 3. The van der Waals surface area contributed by atoms with E-state index in [0.29, 0.717) is 36.6 Å². The smallest absolute Gasteiger partial charge is 0.322 e. The summed E-state index contributed by atoms with van der Waals surface area (Å²) in [5.74, 6) is 0.340. The van der Waals surface area contributed by atoms with Crippen LogP contribution in [0.5, 0.6) is 5.75 Å². The van der Waals surface area contributed by atoms with E-state index in [1.165, 1.54) is 6.92 Å². The Morgan fingerprint density at radius 1 is 0.933 bits per heavy atom. The summed E-state index contributed by atoms with van der Waals surface area (Å²) >= 11 is 0. The third kappa shape index (κ3) is 5.50. The minimum absolute atomic E-state index is 0.160. The van der Waals surface area contributed by atoms with Gasteiger partial charge in [0.25, 0.3) is 0 Å². The second kappa shape index (κ2) is 9.78. The van der Waals surface area contributed by atoms with Gasteiger partial charge in [0.05, 0.1) is 6.61 Å². The van der Waals surface area contributed by atoms with Crippen molar-refractivity contribution in [2.75, 3.05) is 29.1 Å². The van der Waals surface area contributed by atoms with Gasteiger partial charge in [-0.15, -0.1) is 0 Å². The van der Waals surface area contributed by atoms with Gasteiger partial charge in [0, 0.05) is 30.5 Å². The molecular formula is C22H26N4O4. The Morgan fingerprint density at radius 2 is 1.50 bits per heavy atom. The molecule has 1 aliphatic heterocycles. The molecular weight excluding hydrogens is 384 g/mol. The van der Waals surface area contributed by atoms with Crippen LogP contribution in [0.4, 0.5) is 21.9 Å². The molecule has 1 atom stereocenters. The lowest BCUT2D eigenvalue weighted by molar-refractivity contribution is -0.119. The van der Waals surface area contributed by atoms with Gasteiger partial charge in [0.2, 0.25) is 11.8 Å². The van der Waals surface area contributed by atoms with Crippen molar-refractivity contribution in [3.05, 3.63) is 48.5 Å². The van der Waals surface area contributed by atoms with Crippen molar-refractivity contribution in [3.8, 4) is 5.75 Å². The summed E-state index contributed by atoms with van der Waals surface area (Å²) in [6, 6.07) is 13.1. The molecule has 0 spiro atoms. The Bertz CT molecular complexity index is 896. The zero-order chi connectivity index (χ0) is 21.5. The number of benzene rings is 2. The van der Waals surface area contributed by atoms with Gasteiger partial charge in [-0.1, -0.05) is 0 Å². The van der Waals surface area contributed by atoms with E-state index in [0.717, 1.165) is 12.2 Å². The van der Waals surface area contributed by atoms with E-state index in [9.17, 15) is 14.4 Å². The number of ether oxygens (including phenoxy) is 1. The van der Waals surface area contributed by atoms with Gasteiger partial charge >= 0.3 is 6.03 Å². The maximum absolute atomic E-state index is 12.7. The van der Waals surface area contributed by atoms with Crippen LogP contribution < -0.4 is 20.7 Å². The van der Waals surface area contributed by atoms with Crippen LogP contribution in [0.2, 0.25) is 0 Å². The molecule has 3 rings (SSSR count). The van der Waals surface area contributed by atoms with Crippen LogP contribution in [-0.4, -0.2) is 41.9 Å². The lowest BCUT2D eigenvalue weighted by Gasteiger charge is -2.24. The SMILES string of the molecule is CCOc1ccc(NC(=O)N2CCC[C@@H]2C(=O)Nc2ccc(NC(C)=O)cc2)cc1. The first-order chi connectivity index (χ1) is 14.5. The number of rotatable bonds is 6. The van der Waals surface area contributed by atoms with Crippen LogP contribution in [0.25, 0.3) is 0 Å². The van der Waals surface area contributed by atoms with Gasteiger partial charge in [-0.2, -0.15) is 0 Å². The molecule has 0 radical (unpaired) electrons. The molecule has 8 nitrogen and oxygen atoms in total. The summed E-state index contributed by atoms with van der Waals surface area (Å²) in [4.78, 5) is 38.1. The molecule has 0 unspecified atom stereocenters. The van der Waals surface area contributed by atoms with Gasteiger partial charge < -0.3 is 25.6 Å². The highest BCUT2D eigenvalue weighted by Crippen LogP contribution is 2.22. The monoisotopic (exact) mass is 410 g/mol. The third-order valence-electron chi connectivity index (χ3n) is 4.71. The summed E-state index contributed by atoms with van der Waals surface area (Å²) in [6.45, 7) is 4.43. The zero-order valence-corrected chi connectivity index (χ0v) is 17.1. The van der Waals surface area contributed by atoms with Crippen molar-refractivity contribution in [2.45, 2.75) is 32.7 Å². The van der Waals surface area contributed by atoms with Gasteiger partial charge in [-0.05, 0) is 68.3 Å². The van der Waals surface area contributed by atoms with Gasteiger partial charge in [0.1, 0.15) is 11.8 Å². The maximum Gasteiger partial charge on any atom is 0.322 e. The Hall–Kier alpha value is -3.55. The third-order valence-corrected chi connectivity index (χ3v) is 4.71. The number of hydrogen-bond donors (Lipinski definition) is 3. The van der Waals surface area contributed by atoms with Crippen LogP contribution in [-0.2, 0) is 9.59 Å². The minimum atomic E-state index is -0.539. The molecule has 158 valence electrons. The first kappa shape index (κ1) is 21.2. The van der Waals surface area contributed by atoms with E-state index in [2.05, 4.69) is 16.0 Å². The molecule has 8 heteroatoms. The second-order valence-electron chi connectivity index (χ2n) is 6.99. The molecule has 1 saturated heterocycles. The number of carbonyl (C=O) groups is 3. The predicted octanol–water partition coefficient (Wildman–Crippen LogP) is 3.68. The van der Waals surface area contributed by atoms with Gasteiger partial charge in [0.15, 0.2) is 0 Å². The average molecular weight is 410 g/mol. The highest BCUT2D eigenvalue weighted by molar-refractivity contribution is 5.99. The number of anilines is 3. The van der Waals surface area contributed by atoms with Crippen LogP contribution in [0.15, 0.2) is 48.5 Å². The van der Waals surface area contributed by atoms with Crippen molar-refractivity contribution >= 4 is 34.9 Å². The highest BCUT2D eigenvalue weighted by atomic mass is 16.5. The Balaban J connectivity index is 1.59. The first-order valence-corrected chi connectivity index (χ1v) is 9.95. The minimum Gasteiger partial charge on any atom is -0.494 e. The largest absolute Gasteiger partial charge is 0.494 e. The van der Waals surface area contributed by atoms with Crippen molar-refractivity contribution in [1.82, 2.24) is 4.90 Å². The summed E-state index contributed by atoms with van der Waals surface area (Å²) in [6.07, 6.45) is 1.36. The van der Waals surface area contributed by atoms with Crippen LogP contribution in [0.3, 0.4) is 0 Å². The quantitative estimate of drug-likeness (QED) is 0.676. The molecule has 0 aromatic heterocycles. The van der Waals surface area contributed by atoms with E-state index in [4.69, 9.17) is 4.74 Å². The summed E-state index contributed by atoms with van der Waals surface area (Å²) in [5, 5.41) is 8.36. The molecule has 1 fully saturated rings. The summed E-state index contributed by atoms with van der Waals surface area (Å²) in [5.41, 5.74) is 1.90. The molecule has 0 aliphatic carbocycles. The molecule has 1 aliphatic rings. The number of nitrogens with zero attached hydrogens (tertiary/aromatic N) is 1. The van der Waals surface area contributed by atoms with Crippen molar-refractivity contribution in [2.24, 2.45) is 0 Å². The average Bonchev–Trinajstić information content (AvgIpc) is 3.21. The van der Waals surface area contributed by atoms with E-state index < -0.39 is 6.04 Å². The van der Waals surface area contributed by atoms with Crippen LogP contribution in [0, 0.1) is 0 Å². The number of amides is 4. The van der Waals surface area contributed by atoms with Crippen molar-refractivity contribution < 1.29 is 19.1 Å². The summed E-state index contributed by atoms with van der Waals surface area (Å²) in [7, 11) is 0. The van der Waals surface area contributed by atoms with Crippen LogP contribution >= 0.6 is 0 Å². The fourth-order valence-electron chi connectivity index (χ4n) is 3.34. The Morgan fingerprint density at radius 3 is 2.10 bits per heavy atom. The number of hydrogen-bond acceptors (Lipinski definition) is 4. The number of urea groups is 1. The number of carbonyl (C=O) groups excluding carboxylic acids is 3. The van der Waals surface area contributed by atoms with Gasteiger partial charge in [-0.25, -0.2) is 4.79 Å². The predicted molar refractivity (Wildman–Crippen MR) is 116 cm³/mol. The molecule has 2 aromatic rings. The lowest BCUT2D eigenvalue weighted by atomic mass is 10.2. The Labute approximate surface area is 175 Å². The van der Waals surface area contributed by atoms with Gasteiger partial charge in [-0.3, -0.25) is 9.59 Å². The topological polar surface area (TPSA) is 99.8 Å². The van der Waals surface area contributed by atoms with Crippen molar-refractivity contribution in [3.63, 3.8) is 0 Å². The highest BCUT2D eigenvalue weighted by Gasteiger charge is 2.34. The molecule has 30 heavy (non-hydrogen) atoms. The van der Waals surface area contributed by atoms with E-state index in [1.54, 1.807) is 53.4 Å². The zero-order valence-electron chi connectivity index (χ0n) is 17.1. The molecule has 3 N–H and O–H groups in total. The van der Waals surface area contributed by atoms with E-state index in [1.807, 2.05) is 6.92 Å². The van der Waals surface area contributed by atoms with E-state index >= 15 is 0 Å². The molecule has 4 amide bonds. The fraction of sp³-hybridized carbons (Fsp3) is 0.318. The molecule has 2 aromatic carbocycles. The Kier molecular flexibility index (Phi) is 6.90. The first-order valence-electron chi connectivity index (χ1n) is 9.95. The summed E-state index contributed by atoms with van der Waals surface area (Å²) < 4.78 is 5.40. The lowest BCUT2D eigenvalue weighted by Crippen LogP contribution is -2.45. The van der Waals surface area contributed by atoms with Crippen LogP contribution in [0.1, 0.15) is 26.7 Å². The normalized spacial score (nSPS) is 15.4. The molecule has 0 saturated carbocycles. The van der Waals surface area contributed by atoms with Crippen molar-refractivity contribution in [1.29, 1.82) is 0 Å². The fourth-order valence-corrected chi connectivity index (χ4v) is 3.34.